The lowest BCUT2D eigenvalue weighted by Gasteiger charge is -2.17. The smallest absolute Gasteiger partial charge is 0.245 e. The fraction of sp³-hybridized carbons (Fsp3) is 0.400. The number of amides is 2. The third-order valence-corrected chi connectivity index (χ3v) is 4.02. The molecule has 6 nitrogen and oxygen atoms in total. The lowest BCUT2D eigenvalue weighted by molar-refractivity contribution is -0.129. The van der Waals surface area contributed by atoms with Gasteiger partial charge in [-0.2, -0.15) is 0 Å². The molecule has 1 aromatic carbocycles. The Labute approximate surface area is 158 Å². The van der Waals surface area contributed by atoms with Gasteiger partial charge in [0, 0.05) is 26.5 Å². The van der Waals surface area contributed by atoms with Gasteiger partial charge in [-0.15, -0.1) is 0 Å². The molecule has 0 spiro atoms. The Hall–Kier alpha value is -2.67. The number of benzene rings is 1. The minimum Gasteiger partial charge on any atom is -0.493 e. The number of nitrogens with one attached hydrogen (secondary N) is 2. The summed E-state index contributed by atoms with van der Waals surface area (Å²) in [5.41, 5.74) is 0.900. The van der Waals surface area contributed by atoms with Gasteiger partial charge in [-0.1, -0.05) is 18.2 Å². The molecule has 0 radical (unpaired) electrons. The summed E-state index contributed by atoms with van der Waals surface area (Å²) in [4.78, 5) is 23.3. The van der Waals surface area contributed by atoms with E-state index in [1.807, 2.05) is 30.3 Å². The quantitative estimate of drug-likeness (QED) is 0.693. The summed E-state index contributed by atoms with van der Waals surface area (Å²) >= 11 is 0. The van der Waals surface area contributed by atoms with Crippen LogP contribution in [0.2, 0.25) is 0 Å². The summed E-state index contributed by atoms with van der Waals surface area (Å²) in [6, 6.07) is 6.64. The van der Waals surface area contributed by atoms with Crippen LogP contribution in [0, 0.1) is 5.92 Å². The van der Waals surface area contributed by atoms with Crippen LogP contribution in [-0.4, -0.2) is 38.2 Å². The van der Waals surface area contributed by atoms with Crippen molar-refractivity contribution in [1.82, 2.24) is 10.6 Å². The van der Waals surface area contributed by atoms with Crippen LogP contribution in [0.15, 0.2) is 48.3 Å². The summed E-state index contributed by atoms with van der Waals surface area (Å²) in [5, 5.41) is 5.32. The Kier molecular flexibility index (Phi) is 8.00. The molecule has 7 heteroatoms. The lowest BCUT2D eigenvalue weighted by Crippen LogP contribution is -2.48. The fourth-order valence-corrected chi connectivity index (χ4v) is 2.58. The molecule has 27 heavy (non-hydrogen) atoms. The predicted octanol–water partition coefficient (Wildman–Crippen LogP) is 2.26. The second-order valence-electron chi connectivity index (χ2n) is 6.33. The Morgan fingerprint density at radius 3 is 2.63 bits per heavy atom. The molecule has 0 saturated heterocycles. The summed E-state index contributed by atoms with van der Waals surface area (Å²) in [5.74, 6) is 0.0688. The van der Waals surface area contributed by atoms with Crippen LogP contribution in [0.3, 0.4) is 0 Å². The maximum Gasteiger partial charge on any atom is 0.245 e. The van der Waals surface area contributed by atoms with E-state index in [-0.39, 0.29) is 30.2 Å². The Morgan fingerprint density at radius 2 is 2.04 bits per heavy atom. The molecular weight excluding hydrogens is 351 g/mol. The third-order valence-electron chi connectivity index (χ3n) is 4.02. The number of hydrogen-bond donors (Lipinski definition) is 2. The van der Waals surface area contributed by atoms with Gasteiger partial charge in [-0.05, 0) is 36.3 Å². The lowest BCUT2D eigenvalue weighted by atomic mass is 10.0. The highest BCUT2D eigenvalue weighted by Gasteiger charge is 2.18. The molecule has 2 rings (SSSR count). The zero-order valence-corrected chi connectivity index (χ0v) is 15.5. The van der Waals surface area contributed by atoms with Crippen LogP contribution in [0.5, 0.6) is 5.75 Å². The molecule has 0 aromatic heterocycles. The molecule has 0 saturated carbocycles. The molecule has 0 bridgehead atoms. The van der Waals surface area contributed by atoms with Crippen LogP contribution >= 0.6 is 0 Å². The van der Waals surface area contributed by atoms with E-state index < -0.39 is 6.04 Å². The number of methoxy groups -OCH3 is 1. The standard InChI is InChI=1S/C20H25FN2O4/c1-14(24)23-19(13-26-2)20(25)22-11-15-5-9-18(10-6-15)27-12-16-3-7-17(21)8-4-16/h3,5-10,16,19H,4,11-13H2,1-2H3,(H,22,25)(H,23,24)/t16?,19-/m1/s1. The van der Waals surface area contributed by atoms with Crippen molar-refractivity contribution in [2.45, 2.75) is 25.9 Å². The van der Waals surface area contributed by atoms with E-state index in [4.69, 9.17) is 9.47 Å². The summed E-state index contributed by atoms with van der Waals surface area (Å²) in [6.07, 6.45) is 5.45. The van der Waals surface area contributed by atoms with Crippen molar-refractivity contribution in [2.24, 2.45) is 5.92 Å². The van der Waals surface area contributed by atoms with Crippen molar-refractivity contribution in [3.63, 3.8) is 0 Å². The number of halogens is 1. The van der Waals surface area contributed by atoms with Gasteiger partial charge in [0.1, 0.15) is 17.6 Å². The second kappa shape index (κ2) is 10.5. The molecule has 1 aliphatic carbocycles. The van der Waals surface area contributed by atoms with E-state index >= 15 is 0 Å². The van der Waals surface area contributed by atoms with Gasteiger partial charge in [0.25, 0.3) is 0 Å². The number of rotatable bonds is 9. The van der Waals surface area contributed by atoms with E-state index in [1.54, 1.807) is 6.08 Å². The van der Waals surface area contributed by atoms with Crippen molar-refractivity contribution < 1.29 is 23.5 Å². The Morgan fingerprint density at radius 1 is 1.30 bits per heavy atom. The van der Waals surface area contributed by atoms with Gasteiger partial charge in [-0.25, -0.2) is 4.39 Å². The van der Waals surface area contributed by atoms with Gasteiger partial charge in [0.2, 0.25) is 11.8 Å². The van der Waals surface area contributed by atoms with Crippen molar-refractivity contribution in [3.8, 4) is 5.75 Å². The Balaban J connectivity index is 1.78. The minimum absolute atomic E-state index is 0.104. The largest absolute Gasteiger partial charge is 0.493 e. The van der Waals surface area contributed by atoms with Gasteiger partial charge in [-0.3, -0.25) is 9.59 Å². The average molecular weight is 376 g/mol. The minimum atomic E-state index is -0.724. The van der Waals surface area contributed by atoms with Crippen molar-refractivity contribution >= 4 is 11.8 Å². The number of carbonyl (C=O) groups excluding carboxylic acids is 2. The highest BCUT2D eigenvalue weighted by atomic mass is 19.1. The summed E-state index contributed by atoms with van der Waals surface area (Å²) in [7, 11) is 1.47. The number of carbonyl (C=O) groups is 2. The molecule has 2 amide bonds. The maximum atomic E-state index is 12.9. The average Bonchev–Trinajstić information content (AvgIpc) is 2.66. The molecule has 1 aliphatic rings. The normalized spacial score (nSPS) is 17.0. The molecule has 2 N–H and O–H groups in total. The first-order chi connectivity index (χ1) is 13.0. The van der Waals surface area contributed by atoms with Gasteiger partial charge in [0.05, 0.1) is 13.2 Å². The summed E-state index contributed by atoms with van der Waals surface area (Å²) < 4.78 is 23.6. The number of allylic oxidation sites excluding steroid dienone is 3. The molecule has 2 atom stereocenters. The van der Waals surface area contributed by atoms with Crippen LogP contribution in [-0.2, 0) is 20.9 Å². The first-order valence-electron chi connectivity index (χ1n) is 8.77. The Bertz CT molecular complexity index is 700. The zero-order chi connectivity index (χ0) is 19.6. The number of hydrogen-bond acceptors (Lipinski definition) is 4. The molecule has 0 fully saturated rings. The van der Waals surface area contributed by atoms with Gasteiger partial charge in [0.15, 0.2) is 0 Å². The van der Waals surface area contributed by atoms with E-state index in [2.05, 4.69) is 10.6 Å². The highest BCUT2D eigenvalue weighted by molar-refractivity contribution is 5.86. The van der Waals surface area contributed by atoms with Gasteiger partial charge < -0.3 is 20.1 Å². The molecule has 1 unspecified atom stereocenters. The van der Waals surface area contributed by atoms with E-state index in [0.29, 0.717) is 25.3 Å². The first kappa shape index (κ1) is 20.6. The van der Waals surface area contributed by atoms with Crippen LogP contribution in [0.4, 0.5) is 4.39 Å². The molecule has 0 aliphatic heterocycles. The van der Waals surface area contributed by atoms with Crippen molar-refractivity contribution in [2.75, 3.05) is 20.3 Å². The zero-order valence-electron chi connectivity index (χ0n) is 15.5. The second-order valence-corrected chi connectivity index (χ2v) is 6.33. The number of ether oxygens (including phenoxy) is 2. The summed E-state index contributed by atoms with van der Waals surface area (Å²) in [6.45, 7) is 2.26. The van der Waals surface area contributed by atoms with Crippen molar-refractivity contribution in [3.05, 3.63) is 53.9 Å². The van der Waals surface area contributed by atoms with E-state index in [1.165, 1.54) is 20.1 Å². The van der Waals surface area contributed by atoms with Crippen LogP contribution in [0.25, 0.3) is 0 Å². The highest BCUT2D eigenvalue weighted by Crippen LogP contribution is 2.19. The van der Waals surface area contributed by atoms with Crippen molar-refractivity contribution in [1.29, 1.82) is 0 Å². The topological polar surface area (TPSA) is 76.7 Å². The van der Waals surface area contributed by atoms with Gasteiger partial charge >= 0.3 is 0 Å². The first-order valence-corrected chi connectivity index (χ1v) is 8.77. The van der Waals surface area contributed by atoms with Crippen LogP contribution < -0.4 is 15.4 Å². The predicted molar refractivity (Wildman–Crippen MR) is 99.7 cm³/mol. The van der Waals surface area contributed by atoms with Crippen LogP contribution in [0.1, 0.15) is 18.9 Å². The van der Waals surface area contributed by atoms with E-state index in [0.717, 1.165) is 5.56 Å². The maximum absolute atomic E-state index is 12.9. The molecular formula is C20H25FN2O4. The molecule has 1 aromatic rings. The molecule has 0 heterocycles. The molecule has 146 valence electrons. The monoisotopic (exact) mass is 376 g/mol. The fourth-order valence-electron chi connectivity index (χ4n) is 2.58. The van der Waals surface area contributed by atoms with E-state index in [9.17, 15) is 14.0 Å². The SMILES string of the molecule is COC[C@@H](NC(C)=O)C(=O)NCc1ccc(OCC2C=CC(F)=CC2)cc1. The third kappa shape index (κ3) is 7.22.